The third-order valence-electron chi connectivity index (χ3n) is 5.95. The first-order valence-electron chi connectivity index (χ1n) is 10.9. The van der Waals surface area contributed by atoms with E-state index in [1.54, 1.807) is 12.1 Å². The molecule has 0 aliphatic heterocycles. The molecule has 0 aliphatic carbocycles. The second kappa shape index (κ2) is 9.00. The van der Waals surface area contributed by atoms with Crippen LogP contribution in [-0.2, 0) is 12.1 Å². The van der Waals surface area contributed by atoms with Crippen LogP contribution in [0.25, 0.3) is 22.0 Å². The lowest BCUT2D eigenvalue weighted by molar-refractivity contribution is -0.269. The van der Waals surface area contributed by atoms with E-state index in [1.165, 1.54) is 11.6 Å². The van der Waals surface area contributed by atoms with Crippen molar-refractivity contribution in [3.63, 3.8) is 0 Å². The molecular formula is C25H23F3N6O. The van der Waals surface area contributed by atoms with Gasteiger partial charge in [0.2, 0.25) is 5.60 Å². The number of rotatable bonds is 6. The maximum Gasteiger partial charge on any atom is 0.423 e. The maximum atomic E-state index is 13.4. The van der Waals surface area contributed by atoms with Crippen molar-refractivity contribution in [1.82, 2.24) is 20.0 Å². The number of fused-ring (bicyclic) bond motifs is 1. The van der Waals surface area contributed by atoms with Crippen LogP contribution in [0.15, 0.2) is 54.7 Å². The second-order valence-electron chi connectivity index (χ2n) is 8.48. The van der Waals surface area contributed by atoms with Crippen LogP contribution in [0, 0.1) is 11.3 Å². The van der Waals surface area contributed by atoms with E-state index >= 15 is 0 Å². The summed E-state index contributed by atoms with van der Waals surface area (Å²) in [6, 6.07) is 17.2. The Labute approximate surface area is 200 Å². The Kier molecular flexibility index (Phi) is 6.21. The van der Waals surface area contributed by atoms with Crippen molar-refractivity contribution >= 4 is 16.6 Å². The average Bonchev–Trinajstić information content (AvgIpc) is 3.30. The average molecular weight is 480 g/mol. The van der Waals surface area contributed by atoms with Crippen LogP contribution in [0.3, 0.4) is 0 Å². The van der Waals surface area contributed by atoms with E-state index < -0.39 is 23.9 Å². The summed E-state index contributed by atoms with van der Waals surface area (Å²) >= 11 is 0. The van der Waals surface area contributed by atoms with Gasteiger partial charge >= 0.3 is 6.18 Å². The number of hydrogen-bond acceptors (Lipinski definition) is 6. The minimum absolute atomic E-state index is 0.116. The summed E-state index contributed by atoms with van der Waals surface area (Å²) < 4.78 is 41.3. The predicted molar refractivity (Wildman–Crippen MR) is 126 cm³/mol. The normalized spacial score (nSPS) is 13.4. The van der Waals surface area contributed by atoms with Gasteiger partial charge in [-0.05, 0) is 47.4 Å². The highest BCUT2D eigenvalue weighted by Crippen LogP contribution is 2.40. The Bertz CT molecular complexity index is 1420. The minimum Gasteiger partial charge on any atom is -0.378 e. The van der Waals surface area contributed by atoms with Gasteiger partial charge in [0.15, 0.2) is 0 Å². The molecule has 2 aromatic heterocycles. The monoisotopic (exact) mass is 480 g/mol. The van der Waals surface area contributed by atoms with Crippen LogP contribution in [0.1, 0.15) is 30.3 Å². The minimum atomic E-state index is -4.87. The molecule has 0 radical (unpaired) electrons. The van der Waals surface area contributed by atoms with E-state index in [4.69, 9.17) is 0 Å². The lowest BCUT2D eigenvalue weighted by Gasteiger charge is -2.26. The van der Waals surface area contributed by atoms with Gasteiger partial charge < -0.3 is 10.0 Å². The molecule has 10 heteroatoms. The molecule has 2 heterocycles. The lowest BCUT2D eigenvalue weighted by atomic mass is 9.96. The molecule has 0 spiro atoms. The molecule has 1 unspecified atom stereocenters. The van der Waals surface area contributed by atoms with Crippen molar-refractivity contribution in [3.05, 3.63) is 71.7 Å². The van der Waals surface area contributed by atoms with E-state index in [2.05, 4.69) is 21.4 Å². The Morgan fingerprint density at radius 2 is 1.89 bits per heavy atom. The highest BCUT2D eigenvalue weighted by molar-refractivity contribution is 5.95. The SMILES string of the molecule is CCC(O)(c1cn(Cc2ccc3c(-c4cccc(N(C)C)c4)cc(C#N)nc3c2)nn1)C(F)(F)F. The number of nitriles is 1. The van der Waals surface area contributed by atoms with Gasteiger partial charge in [0.05, 0.1) is 18.3 Å². The molecule has 0 bridgehead atoms. The molecule has 4 aromatic rings. The fourth-order valence-corrected chi connectivity index (χ4v) is 3.90. The summed E-state index contributed by atoms with van der Waals surface area (Å²) in [6.07, 6.45) is -4.36. The highest BCUT2D eigenvalue weighted by atomic mass is 19.4. The number of anilines is 1. The number of benzene rings is 2. The van der Waals surface area contributed by atoms with Crippen LogP contribution < -0.4 is 4.90 Å². The van der Waals surface area contributed by atoms with E-state index in [9.17, 15) is 23.5 Å². The molecule has 0 saturated heterocycles. The van der Waals surface area contributed by atoms with Crippen LogP contribution in [0.5, 0.6) is 0 Å². The van der Waals surface area contributed by atoms with E-state index in [1.807, 2.05) is 55.4 Å². The first-order chi connectivity index (χ1) is 16.6. The molecule has 180 valence electrons. The molecule has 2 aromatic carbocycles. The first-order valence-corrected chi connectivity index (χ1v) is 10.9. The number of nitrogens with zero attached hydrogens (tertiary/aromatic N) is 6. The van der Waals surface area contributed by atoms with Crippen molar-refractivity contribution < 1.29 is 18.3 Å². The summed E-state index contributed by atoms with van der Waals surface area (Å²) in [7, 11) is 3.89. The standard InChI is InChI=1S/C25H23F3N6O/c1-4-24(35,25(26,27)28)23-15-34(32-31-23)14-16-8-9-20-21(12-18(13-29)30-22(20)10-16)17-6-5-7-19(11-17)33(2)3/h5-12,15,35H,4,14H2,1-3H3. The fraction of sp³-hybridized carbons (Fsp3) is 0.280. The number of pyridine rings is 1. The fourth-order valence-electron chi connectivity index (χ4n) is 3.90. The van der Waals surface area contributed by atoms with Gasteiger partial charge in [0.25, 0.3) is 0 Å². The van der Waals surface area contributed by atoms with Crippen molar-refractivity contribution in [2.75, 3.05) is 19.0 Å². The lowest BCUT2D eigenvalue weighted by Crippen LogP contribution is -2.42. The summed E-state index contributed by atoms with van der Waals surface area (Å²) in [5.74, 6) is 0. The Morgan fingerprint density at radius 1 is 1.11 bits per heavy atom. The molecule has 0 saturated carbocycles. The number of halogens is 3. The zero-order valence-electron chi connectivity index (χ0n) is 19.4. The topological polar surface area (TPSA) is 90.9 Å². The Morgan fingerprint density at radius 3 is 2.54 bits per heavy atom. The molecule has 4 rings (SSSR count). The first kappa shape index (κ1) is 24.2. The van der Waals surface area contributed by atoms with Crippen molar-refractivity contribution in [3.8, 4) is 17.2 Å². The quantitative estimate of drug-likeness (QED) is 0.432. The van der Waals surface area contributed by atoms with Crippen molar-refractivity contribution in [2.24, 2.45) is 0 Å². The summed E-state index contributed by atoms with van der Waals surface area (Å²) in [5, 5.41) is 27.8. The van der Waals surface area contributed by atoms with Gasteiger partial charge in [-0.15, -0.1) is 5.10 Å². The zero-order chi connectivity index (χ0) is 25.4. The number of aromatic nitrogens is 4. The van der Waals surface area contributed by atoms with Crippen molar-refractivity contribution in [1.29, 1.82) is 5.26 Å². The Balaban J connectivity index is 1.72. The molecule has 1 N–H and O–H groups in total. The van der Waals surface area contributed by atoms with Crippen LogP contribution in [0.4, 0.5) is 18.9 Å². The van der Waals surface area contributed by atoms with Gasteiger partial charge in [-0.25, -0.2) is 9.67 Å². The molecule has 0 amide bonds. The smallest absolute Gasteiger partial charge is 0.378 e. The molecule has 1 atom stereocenters. The summed E-state index contributed by atoms with van der Waals surface area (Å²) in [6.45, 7) is 1.35. The second-order valence-corrected chi connectivity index (χ2v) is 8.48. The third kappa shape index (κ3) is 4.55. The highest BCUT2D eigenvalue weighted by Gasteiger charge is 2.55. The number of aliphatic hydroxyl groups is 1. The predicted octanol–water partition coefficient (Wildman–Crippen LogP) is 4.64. The van der Waals surface area contributed by atoms with Crippen LogP contribution >= 0.6 is 0 Å². The molecule has 0 fully saturated rings. The van der Waals surface area contributed by atoms with E-state index in [0.29, 0.717) is 11.1 Å². The maximum absolute atomic E-state index is 13.4. The van der Waals surface area contributed by atoms with Crippen LogP contribution in [0.2, 0.25) is 0 Å². The van der Waals surface area contributed by atoms with Crippen molar-refractivity contribution in [2.45, 2.75) is 31.7 Å². The van der Waals surface area contributed by atoms with Gasteiger partial charge in [-0.1, -0.05) is 36.4 Å². The molecule has 35 heavy (non-hydrogen) atoms. The number of hydrogen-bond donors (Lipinski definition) is 1. The van der Waals surface area contributed by atoms with Gasteiger partial charge in [0, 0.05) is 25.2 Å². The van der Waals surface area contributed by atoms with Crippen LogP contribution in [-0.4, -0.2) is 45.4 Å². The van der Waals surface area contributed by atoms with Gasteiger partial charge in [-0.2, -0.15) is 18.4 Å². The molecule has 7 nitrogen and oxygen atoms in total. The van der Waals surface area contributed by atoms with E-state index in [0.717, 1.165) is 28.4 Å². The molecular weight excluding hydrogens is 457 g/mol. The van der Waals surface area contributed by atoms with Gasteiger partial charge in [0.1, 0.15) is 17.5 Å². The largest absolute Gasteiger partial charge is 0.423 e. The van der Waals surface area contributed by atoms with Gasteiger partial charge in [-0.3, -0.25) is 0 Å². The zero-order valence-corrected chi connectivity index (χ0v) is 19.4. The number of alkyl halides is 3. The molecule has 0 aliphatic rings. The third-order valence-corrected chi connectivity index (χ3v) is 5.95. The summed E-state index contributed by atoms with van der Waals surface area (Å²) in [5.41, 5.74) is 0.707. The Hall–Kier alpha value is -3.97. The van der Waals surface area contributed by atoms with E-state index in [-0.39, 0.29) is 12.2 Å². The summed E-state index contributed by atoms with van der Waals surface area (Å²) in [4.78, 5) is 6.41.